The Morgan fingerprint density at radius 1 is 1.08 bits per heavy atom. The zero-order valence-electron chi connectivity index (χ0n) is 22.9. The molecule has 0 amide bonds. The van der Waals surface area contributed by atoms with Gasteiger partial charge in [-0.15, -0.1) is 0 Å². The van der Waals surface area contributed by atoms with Gasteiger partial charge in [-0.1, -0.05) is 19.1 Å². The lowest BCUT2D eigenvalue weighted by Crippen LogP contribution is -2.59. The minimum atomic E-state index is -1.04. The van der Waals surface area contributed by atoms with E-state index >= 15 is 0 Å². The molecule has 0 spiro atoms. The number of carbonyl (C=O) groups is 1. The van der Waals surface area contributed by atoms with E-state index in [4.69, 9.17) is 18.9 Å². The number of esters is 1. The zero-order chi connectivity index (χ0) is 27.0. The van der Waals surface area contributed by atoms with Crippen molar-refractivity contribution in [3.8, 4) is 0 Å². The fourth-order valence-electron chi connectivity index (χ4n) is 9.46. The molecule has 8 heteroatoms. The van der Waals surface area contributed by atoms with Gasteiger partial charge < -0.3 is 34.3 Å². The molecule has 0 bridgehead atoms. The number of rotatable bonds is 4. The molecule has 38 heavy (non-hydrogen) atoms. The van der Waals surface area contributed by atoms with Crippen molar-refractivity contribution >= 4 is 5.97 Å². The molecule has 5 fully saturated rings. The Balaban J connectivity index is 1.15. The van der Waals surface area contributed by atoms with Crippen LogP contribution in [0.3, 0.4) is 0 Å². The van der Waals surface area contributed by atoms with Gasteiger partial charge in [0.05, 0.1) is 17.8 Å². The number of methoxy groups -OCH3 is 1. The molecule has 4 saturated carbocycles. The van der Waals surface area contributed by atoms with E-state index in [2.05, 4.69) is 13.5 Å². The van der Waals surface area contributed by atoms with Gasteiger partial charge in [-0.05, 0) is 87.0 Å². The molecule has 0 aromatic heterocycles. The maximum atomic E-state index is 12.1. The van der Waals surface area contributed by atoms with Gasteiger partial charge in [0.1, 0.15) is 24.9 Å². The van der Waals surface area contributed by atoms with Gasteiger partial charge in [-0.2, -0.15) is 0 Å². The molecule has 6 aliphatic rings. The Morgan fingerprint density at radius 3 is 2.58 bits per heavy atom. The van der Waals surface area contributed by atoms with E-state index in [1.54, 1.807) is 13.0 Å². The van der Waals surface area contributed by atoms with E-state index in [1.165, 1.54) is 7.11 Å². The van der Waals surface area contributed by atoms with Crippen molar-refractivity contribution < 1.29 is 39.1 Å². The van der Waals surface area contributed by atoms with Crippen LogP contribution in [0.1, 0.15) is 65.2 Å². The number of aliphatic hydroxyl groups excluding tert-OH is 2. The normalized spacial score (nSPS) is 52.6. The molecule has 0 aromatic rings. The van der Waals surface area contributed by atoms with Crippen molar-refractivity contribution in [2.75, 3.05) is 13.7 Å². The molecule has 3 N–H and O–H groups in total. The zero-order valence-corrected chi connectivity index (χ0v) is 22.9. The highest BCUT2D eigenvalue weighted by Gasteiger charge is 2.64. The number of fused-ring (bicyclic) bond motifs is 5. The van der Waals surface area contributed by atoms with Crippen molar-refractivity contribution in [2.24, 2.45) is 35.0 Å². The van der Waals surface area contributed by atoms with Gasteiger partial charge in [0, 0.05) is 25.0 Å². The lowest BCUT2D eigenvalue weighted by molar-refractivity contribution is -0.312. The summed E-state index contributed by atoms with van der Waals surface area (Å²) in [5.41, 5.74) is 1.50. The van der Waals surface area contributed by atoms with Crippen LogP contribution >= 0.6 is 0 Å². The molecule has 0 unspecified atom stereocenters. The Kier molecular flexibility index (Phi) is 6.85. The fourth-order valence-corrected chi connectivity index (χ4v) is 9.46. The van der Waals surface area contributed by atoms with E-state index in [1.807, 2.05) is 0 Å². The lowest BCUT2D eigenvalue weighted by atomic mass is 9.51. The first-order chi connectivity index (χ1) is 18.1. The summed E-state index contributed by atoms with van der Waals surface area (Å²) < 4.78 is 22.7. The van der Waals surface area contributed by atoms with Crippen molar-refractivity contribution in [3.05, 3.63) is 23.8 Å². The van der Waals surface area contributed by atoms with Crippen LogP contribution in [0.2, 0.25) is 0 Å². The number of hydrogen-bond acceptors (Lipinski definition) is 8. The van der Waals surface area contributed by atoms with Gasteiger partial charge in [-0.25, -0.2) is 4.79 Å². The van der Waals surface area contributed by atoms with Gasteiger partial charge in [0.2, 0.25) is 0 Å². The second kappa shape index (κ2) is 9.67. The van der Waals surface area contributed by atoms with Gasteiger partial charge >= 0.3 is 5.97 Å². The van der Waals surface area contributed by atoms with Crippen LogP contribution in [0.15, 0.2) is 23.8 Å². The SMILES string of the molecule is C=C1[C@@H](C2=CC(=O)OC2)CC[C@@]2(O)[C@@H]1C[C@H]1[C@H]2CC[C@@H]2C[C@@H](O[C@@H]3O[C@@H](C)[C@H](O)[C@@H](OC)[C@@H]3O)CC[C@@]21C. The Labute approximate surface area is 225 Å². The Morgan fingerprint density at radius 2 is 1.87 bits per heavy atom. The van der Waals surface area contributed by atoms with E-state index in [-0.39, 0.29) is 35.2 Å². The molecule has 8 nitrogen and oxygen atoms in total. The van der Waals surface area contributed by atoms with Crippen molar-refractivity contribution in [2.45, 2.75) is 108 Å². The van der Waals surface area contributed by atoms with Crippen molar-refractivity contribution in [1.82, 2.24) is 0 Å². The van der Waals surface area contributed by atoms with E-state index < -0.39 is 36.3 Å². The monoisotopic (exact) mass is 532 g/mol. The van der Waals surface area contributed by atoms with Crippen LogP contribution in [0.4, 0.5) is 0 Å². The van der Waals surface area contributed by atoms with Gasteiger partial charge in [-0.3, -0.25) is 0 Å². The van der Waals surface area contributed by atoms with Crippen LogP contribution in [-0.4, -0.2) is 77.4 Å². The molecule has 0 radical (unpaired) electrons. The average molecular weight is 533 g/mol. The standard InChI is InChI=1S/C30H44O8/c1-15-20(17-11-24(31)36-14-17)8-10-30(34)21-6-5-18-12-19(7-9-29(18,3)23(21)13-22(15)30)38-28-26(33)27(35-4)25(32)16(2)37-28/h11,16,18-23,25-28,32-34H,1,5-10,12-14H2,2-4H3/t16-,18+,19-,20-,21+,22+,23-,25-,26-,27+,28-,29-,30-/m0/s1. The topological polar surface area (TPSA) is 115 Å². The molecule has 2 heterocycles. The number of aliphatic hydroxyl groups is 3. The lowest BCUT2D eigenvalue weighted by Gasteiger charge is -2.55. The quantitative estimate of drug-likeness (QED) is 0.288. The third-order valence-electron chi connectivity index (χ3n) is 11.6. The first-order valence-corrected chi connectivity index (χ1v) is 14.5. The minimum absolute atomic E-state index is 0.0258. The average Bonchev–Trinajstić information content (AvgIpc) is 3.45. The number of hydrogen-bond donors (Lipinski definition) is 3. The smallest absolute Gasteiger partial charge is 0.331 e. The summed E-state index contributed by atoms with van der Waals surface area (Å²) in [4.78, 5) is 11.7. The predicted molar refractivity (Wildman–Crippen MR) is 138 cm³/mol. The Bertz CT molecular complexity index is 995. The molecule has 1 saturated heterocycles. The first-order valence-electron chi connectivity index (χ1n) is 14.5. The highest BCUT2D eigenvalue weighted by Crippen LogP contribution is 2.67. The maximum absolute atomic E-state index is 12.1. The molecule has 212 valence electrons. The summed E-state index contributed by atoms with van der Waals surface area (Å²) in [6.07, 6.45) is 4.98. The third kappa shape index (κ3) is 4.05. The maximum Gasteiger partial charge on any atom is 0.331 e. The minimum Gasteiger partial charge on any atom is -0.458 e. The van der Waals surface area contributed by atoms with E-state index in [9.17, 15) is 20.1 Å². The number of carbonyl (C=O) groups excluding carboxylic acids is 1. The summed E-state index contributed by atoms with van der Waals surface area (Å²) in [5, 5.41) is 33.2. The summed E-state index contributed by atoms with van der Waals surface area (Å²) in [6, 6.07) is 0. The largest absolute Gasteiger partial charge is 0.458 e. The molecule has 0 aromatic carbocycles. The van der Waals surface area contributed by atoms with Crippen LogP contribution < -0.4 is 0 Å². The van der Waals surface area contributed by atoms with Gasteiger partial charge in [0.25, 0.3) is 0 Å². The van der Waals surface area contributed by atoms with Crippen molar-refractivity contribution in [3.63, 3.8) is 0 Å². The Hall–Kier alpha value is -1.29. The molecule has 13 atom stereocenters. The first kappa shape index (κ1) is 26.9. The van der Waals surface area contributed by atoms with Crippen LogP contribution in [0, 0.1) is 35.0 Å². The molecule has 4 aliphatic carbocycles. The van der Waals surface area contributed by atoms with Crippen LogP contribution in [0.5, 0.6) is 0 Å². The highest BCUT2D eigenvalue weighted by atomic mass is 16.7. The number of ether oxygens (including phenoxy) is 4. The summed E-state index contributed by atoms with van der Waals surface area (Å²) in [5.74, 6) is 1.08. The summed E-state index contributed by atoms with van der Waals surface area (Å²) in [7, 11) is 1.48. The highest BCUT2D eigenvalue weighted by molar-refractivity contribution is 5.85. The molecule has 2 aliphatic heterocycles. The van der Waals surface area contributed by atoms with Crippen LogP contribution in [-0.2, 0) is 23.7 Å². The number of cyclic esters (lactones) is 1. The predicted octanol–water partition coefficient (Wildman–Crippen LogP) is 2.89. The molecule has 6 rings (SSSR count). The van der Waals surface area contributed by atoms with E-state index in [0.717, 1.165) is 62.5 Å². The van der Waals surface area contributed by atoms with Crippen molar-refractivity contribution in [1.29, 1.82) is 0 Å². The van der Waals surface area contributed by atoms with Gasteiger partial charge in [0.15, 0.2) is 6.29 Å². The fraction of sp³-hybridized carbons (Fsp3) is 0.833. The molecular formula is C30H44O8. The second-order valence-corrected chi connectivity index (χ2v) is 13.2. The van der Waals surface area contributed by atoms with E-state index in [0.29, 0.717) is 18.4 Å². The summed E-state index contributed by atoms with van der Waals surface area (Å²) in [6.45, 7) is 9.04. The second-order valence-electron chi connectivity index (χ2n) is 13.2. The van der Waals surface area contributed by atoms with Crippen LogP contribution in [0.25, 0.3) is 0 Å². The summed E-state index contributed by atoms with van der Waals surface area (Å²) >= 11 is 0. The third-order valence-corrected chi connectivity index (χ3v) is 11.6. The molecular weight excluding hydrogens is 488 g/mol.